The molecule has 3 aromatic carbocycles. The minimum absolute atomic E-state index is 0.968. The maximum absolute atomic E-state index is 6.20. The van der Waals surface area contributed by atoms with Crippen LogP contribution >= 0.6 is 0 Å². The van der Waals surface area contributed by atoms with E-state index >= 15 is 0 Å². The van der Waals surface area contributed by atoms with Crippen LogP contribution in [0.2, 0.25) is 0 Å². The number of furan rings is 1. The lowest BCUT2D eigenvalue weighted by atomic mass is 10.00. The van der Waals surface area contributed by atoms with Crippen LogP contribution in [0.25, 0.3) is 43.7 Å². The van der Waals surface area contributed by atoms with Crippen molar-refractivity contribution in [2.24, 2.45) is 7.05 Å². The summed E-state index contributed by atoms with van der Waals surface area (Å²) in [6.07, 6.45) is 2.19. The molecule has 0 radical (unpaired) electrons. The first-order chi connectivity index (χ1) is 11.8. The molecule has 0 saturated carbocycles. The largest absolute Gasteiger partial charge is 0.456 e. The Morgan fingerprint density at radius 1 is 0.875 bits per heavy atom. The molecule has 2 nitrogen and oxygen atoms in total. The van der Waals surface area contributed by atoms with Gasteiger partial charge in [-0.3, -0.25) is 0 Å². The van der Waals surface area contributed by atoms with Gasteiger partial charge in [0.1, 0.15) is 11.2 Å². The summed E-state index contributed by atoms with van der Waals surface area (Å²) in [6.45, 7) is 2.23. The average Bonchev–Trinajstić information content (AvgIpc) is 3.11. The molecule has 2 heterocycles. The van der Waals surface area contributed by atoms with Gasteiger partial charge in [0.25, 0.3) is 0 Å². The lowest BCUT2D eigenvalue weighted by Crippen LogP contribution is -1.93. The number of aromatic nitrogens is 1. The van der Waals surface area contributed by atoms with E-state index in [0.717, 1.165) is 24.0 Å². The molecular formula is C22H19NO. The normalized spacial score (nSPS) is 12.1. The number of nitrogens with zero attached hydrogens (tertiary/aromatic N) is 1. The molecular weight excluding hydrogens is 294 g/mol. The van der Waals surface area contributed by atoms with E-state index in [1.54, 1.807) is 0 Å². The fourth-order valence-electron chi connectivity index (χ4n) is 4.13. The molecule has 0 amide bonds. The van der Waals surface area contributed by atoms with Crippen molar-refractivity contribution in [2.75, 3.05) is 0 Å². The van der Waals surface area contributed by atoms with Gasteiger partial charge in [0.05, 0.1) is 5.52 Å². The highest BCUT2D eigenvalue weighted by atomic mass is 16.3. The summed E-state index contributed by atoms with van der Waals surface area (Å²) < 4.78 is 8.54. The zero-order valence-corrected chi connectivity index (χ0v) is 14.0. The van der Waals surface area contributed by atoms with Gasteiger partial charge in [0, 0.05) is 34.1 Å². The molecule has 2 heteroatoms. The summed E-state index contributed by atoms with van der Waals surface area (Å²) in [5, 5.41) is 5.10. The second kappa shape index (κ2) is 4.88. The highest BCUT2D eigenvalue weighted by Gasteiger charge is 2.19. The van der Waals surface area contributed by atoms with E-state index in [1.165, 1.54) is 38.1 Å². The van der Waals surface area contributed by atoms with Crippen LogP contribution < -0.4 is 0 Å². The predicted octanol–water partition coefficient (Wildman–Crippen LogP) is 6.18. The summed E-state index contributed by atoms with van der Waals surface area (Å²) >= 11 is 0. The van der Waals surface area contributed by atoms with Gasteiger partial charge >= 0.3 is 0 Å². The Morgan fingerprint density at radius 3 is 2.46 bits per heavy atom. The van der Waals surface area contributed by atoms with Crippen molar-refractivity contribution < 1.29 is 4.42 Å². The number of benzene rings is 3. The summed E-state index contributed by atoms with van der Waals surface area (Å²) in [5.74, 6) is 0. The van der Waals surface area contributed by atoms with Crippen molar-refractivity contribution in [3.8, 4) is 0 Å². The smallest absolute Gasteiger partial charge is 0.136 e. The number of hydrogen-bond donors (Lipinski definition) is 0. The van der Waals surface area contributed by atoms with Crippen LogP contribution in [0.4, 0.5) is 0 Å². The summed E-state index contributed by atoms with van der Waals surface area (Å²) in [6, 6.07) is 19.3. The second-order valence-electron chi connectivity index (χ2n) is 6.56. The third kappa shape index (κ3) is 1.66. The molecule has 0 bridgehead atoms. The summed E-state index contributed by atoms with van der Waals surface area (Å²) in [5.41, 5.74) is 5.97. The Labute approximate surface area is 140 Å². The van der Waals surface area contributed by atoms with Crippen molar-refractivity contribution in [1.82, 2.24) is 4.57 Å². The number of para-hydroxylation sites is 2. The van der Waals surface area contributed by atoms with Crippen molar-refractivity contribution >= 4 is 43.7 Å². The molecule has 24 heavy (non-hydrogen) atoms. The Morgan fingerprint density at radius 2 is 1.62 bits per heavy atom. The van der Waals surface area contributed by atoms with Crippen molar-refractivity contribution in [2.45, 2.75) is 19.8 Å². The minimum Gasteiger partial charge on any atom is -0.456 e. The molecule has 0 N–H and O–H groups in total. The van der Waals surface area contributed by atoms with Crippen LogP contribution in [0.5, 0.6) is 0 Å². The molecule has 0 saturated heterocycles. The molecule has 5 rings (SSSR count). The highest BCUT2D eigenvalue weighted by molar-refractivity contribution is 6.27. The molecule has 2 aromatic heterocycles. The summed E-state index contributed by atoms with van der Waals surface area (Å²) in [4.78, 5) is 0. The third-order valence-electron chi connectivity index (χ3n) is 5.11. The van der Waals surface area contributed by atoms with Gasteiger partial charge in [0.2, 0.25) is 0 Å². The third-order valence-corrected chi connectivity index (χ3v) is 5.11. The molecule has 0 unspecified atom stereocenters. The van der Waals surface area contributed by atoms with Crippen LogP contribution in [0.3, 0.4) is 0 Å². The predicted molar refractivity (Wildman–Crippen MR) is 102 cm³/mol. The summed E-state index contributed by atoms with van der Waals surface area (Å²) in [7, 11) is 2.18. The van der Waals surface area contributed by atoms with Gasteiger partial charge in [0.15, 0.2) is 0 Å². The minimum atomic E-state index is 0.968. The van der Waals surface area contributed by atoms with E-state index in [0.29, 0.717) is 0 Å². The number of hydrogen-bond acceptors (Lipinski definition) is 1. The monoisotopic (exact) mass is 313 g/mol. The van der Waals surface area contributed by atoms with Crippen LogP contribution in [0.1, 0.15) is 18.9 Å². The fraction of sp³-hybridized carbons (Fsp3) is 0.182. The zero-order valence-electron chi connectivity index (χ0n) is 14.0. The Hall–Kier alpha value is -2.74. The Kier molecular flexibility index (Phi) is 2.78. The average molecular weight is 313 g/mol. The van der Waals surface area contributed by atoms with E-state index in [2.05, 4.69) is 67.1 Å². The first kappa shape index (κ1) is 13.7. The molecule has 118 valence electrons. The van der Waals surface area contributed by atoms with E-state index in [1.807, 2.05) is 6.07 Å². The molecule has 0 aliphatic heterocycles. The maximum atomic E-state index is 6.20. The number of rotatable bonds is 2. The van der Waals surface area contributed by atoms with Gasteiger partial charge in [-0.25, -0.2) is 0 Å². The van der Waals surface area contributed by atoms with Crippen LogP contribution in [0.15, 0.2) is 59.0 Å². The number of fused-ring (bicyclic) bond motifs is 7. The molecule has 0 fully saturated rings. The van der Waals surface area contributed by atoms with Crippen LogP contribution in [0, 0.1) is 0 Å². The maximum Gasteiger partial charge on any atom is 0.136 e. The number of aryl methyl sites for hydroxylation is 2. The molecule has 0 atom stereocenters. The van der Waals surface area contributed by atoms with Gasteiger partial charge in [-0.2, -0.15) is 0 Å². The first-order valence-corrected chi connectivity index (χ1v) is 8.60. The highest BCUT2D eigenvalue weighted by Crippen LogP contribution is 2.41. The van der Waals surface area contributed by atoms with Gasteiger partial charge in [-0.15, -0.1) is 0 Å². The molecule has 0 aliphatic rings. The van der Waals surface area contributed by atoms with Gasteiger partial charge in [-0.1, -0.05) is 49.7 Å². The van der Waals surface area contributed by atoms with E-state index in [9.17, 15) is 0 Å². The Balaban J connectivity index is 2.14. The Bertz CT molecular complexity index is 1220. The molecule has 5 aromatic rings. The second-order valence-corrected chi connectivity index (χ2v) is 6.56. The van der Waals surface area contributed by atoms with E-state index in [-0.39, 0.29) is 0 Å². The molecule has 0 aliphatic carbocycles. The first-order valence-electron chi connectivity index (χ1n) is 8.60. The SMILES string of the molecule is CCCc1cc2oc3ccccc3c2c2c3ccccc3n(C)c12. The standard InChI is InChI=1S/C22H19NO/c1-3-8-14-13-19-20(16-10-5-7-12-18(16)24-19)21-15-9-4-6-11-17(15)23(2)22(14)21/h4-7,9-13H,3,8H2,1-2H3. The van der Waals surface area contributed by atoms with Gasteiger partial charge in [-0.05, 0) is 30.2 Å². The quantitative estimate of drug-likeness (QED) is 0.380. The topological polar surface area (TPSA) is 18.1 Å². The lowest BCUT2D eigenvalue weighted by molar-refractivity contribution is 0.668. The molecule has 0 spiro atoms. The van der Waals surface area contributed by atoms with E-state index < -0.39 is 0 Å². The lowest BCUT2D eigenvalue weighted by Gasteiger charge is -2.06. The van der Waals surface area contributed by atoms with Gasteiger partial charge < -0.3 is 8.98 Å². The fourth-order valence-corrected chi connectivity index (χ4v) is 4.13. The van der Waals surface area contributed by atoms with Crippen LogP contribution in [-0.4, -0.2) is 4.57 Å². The van der Waals surface area contributed by atoms with Crippen molar-refractivity contribution in [1.29, 1.82) is 0 Å². The zero-order chi connectivity index (χ0) is 16.3. The van der Waals surface area contributed by atoms with Crippen molar-refractivity contribution in [3.63, 3.8) is 0 Å². The van der Waals surface area contributed by atoms with Crippen molar-refractivity contribution in [3.05, 3.63) is 60.2 Å². The van der Waals surface area contributed by atoms with E-state index in [4.69, 9.17) is 4.42 Å². The van der Waals surface area contributed by atoms with Crippen LogP contribution in [-0.2, 0) is 13.5 Å².